The molecule has 0 aromatic carbocycles. The molecule has 2 rings (SSSR count). The fraction of sp³-hybridized carbons (Fsp3) is 1.00. The van der Waals surface area contributed by atoms with E-state index in [9.17, 15) is 5.11 Å². The number of rotatable bonds is 0. The largest absolute Gasteiger partial charge is 0.393 e. The maximum absolute atomic E-state index is 9.81. The van der Waals surface area contributed by atoms with Crippen molar-refractivity contribution >= 4 is 12.4 Å². The summed E-state index contributed by atoms with van der Waals surface area (Å²) in [5.41, 5.74) is 0.601. The molecule has 2 aliphatic rings. The van der Waals surface area contributed by atoms with Gasteiger partial charge in [0.2, 0.25) is 0 Å². The minimum Gasteiger partial charge on any atom is -0.393 e. The summed E-state index contributed by atoms with van der Waals surface area (Å²) in [6.45, 7) is 6.90. The number of aliphatic hydroxyl groups is 1. The van der Waals surface area contributed by atoms with Crippen LogP contribution in [0, 0.1) is 16.7 Å². The van der Waals surface area contributed by atoms with Crippen LogP contribution in [-0.4, -0.2) is 11.2 Å². The Balaban J connectivity index is 0.000000720. The Morgan fingerprint density at radius 1 is 1.25 bits per heavy atom. The number of hydrogen-bond donors (Lipinski definition) is 1. The predicted octanol–water partition coefficient (Wildman–Crippen LogP) is 2.62. The Kier molecular flexibility index (Phi) is 2.25. The van der Waals surface area contributed by atoms with Crippen LogP contribution >= 0.6 is 12.4 Å². The van der Waals surface area contributed by atoms with Crippen LogP contribution in [0.15, 0.2) is 0 Å². The topological polar surface area (TPSA) is 20.2 Å². The van der Waals surface area contributed by atoms with Crippen molar-refractivity contribution in [3.63, 3.8) is 0 Å². The van der Waals surface area contributed by atoms with E-state index in [-0.39, 0.29) is 23.9 Å². The van der Waals surface area contributed by atoms with Crippen molar-refractivity contribution < 1.29 is 5.11 Å². The van der Waals surface area contributed by atoms with Gasteiger partial charge in [-0.15, -0.1) is 12.4 Å². The molecule has 12 heavy (non-hydrogen) atoms. The van der Waals surface area contributed by atoms with Gasteiger partial charge in [0, 0.05) is 0 Å². The minimum absolute atomic E-state index is 0. The highest BCUT2D eigenvalue weighted by atomic mass is 35.5. The van der Waals surface area contributed by atoms with Gasteiger partial charge in [0.05, 0.1) is 6.10 Å². The van der Waals surface area contributed by atoms with Crippen LogP contribution in [0.2, 0.25) is 0 Å². The van der Waals surface area contributed by atoms with E-state index < -0.39 is 0 Å². The summed E-state index contributed by atoms with van der Waals surface area (Å²) in [6.07, 6.45) is 3.58. The molecule has 2 heteroatoms. The third-order valence-corrected chi connectivity index (χ3v) is 4.75. The highest BCUT2D eigenvalue weighted by molar-refractivity contribution is 5.85. The molecule has 1 N–H and O–H groups in total. The molecule has 0 aromatic rings. The zero-order valence-electron chi connectivity index (χ0n) is 8.13. The molecule has 0 spiro atoms. The molecule has 0 heterocycles. The van der Waals surface area contributed by atoms with Gasteiger partial charge in [0.1, 0.15) is 0 Å². The van der Waals surface area contributed by atoms with Crippen molar-refractivity contribution in [2.24, 2.45) is 16.7 Å². The first kappa shape index (κ1) is 10.3. The quantitative estimate of drug-likeness (QED) is 0.623. The number of aliphatic hydroxyl groups excluding tert-OH is 1. The molecule has 2 bridgehead atoms. The lowest BCUT2D eigenvalue weighted by Crippen LogP contribution is -2.35. The molecule has 2 aliphatic carbocycles. The molecule has 1 nitrogen and oxygen atoms in total. The van der Waals surface area contributed by atoms with Crippen LogP contribution < -0.4 is 0 Å². The van der Waals surface area contributed by atoms with E-state index in [1.165, 1.54) is 12.8 Å². The van der Waals surface area contributed by atoms with E-state index in [0.717, 1.165) is 12.3 Å². The van der Waals surface area contributed by atoms with Gasteiger partial charge in [0.25, 0.3) is 0 Å². The SMILES string of the molecule is CC1(C)C2CCC1(C)C(O)C2.Cl. The van der Waals surface area contributed by atoms with E-state index in [2.05, 4.69) is 20.8 Å². The molecule has 0 saturated heterocycles. The van der Waals surface area contributed by atoms with Crippen molar-refractivity contribution in [1.29, 1.82) is 0 Å². The number of halogens is 1. The standard InChI is InChI=1S/C10H18O.ClH/c1-9(2)7-4-5-10(9,3)8(11)6-7;/h7-8,11H,4-6H2,1-3H3;1H. The van der Waals surface area contributed by atoms with Crippen molar-refractivity contribution in [2.45, 2.75) is 46.1 Å². The second-order valence-corrected chi connectivity index (χ2v) is 5.13. The maximum atomic E-state index is 9.81. The first-order chi connectivity index (χ1) is 4.98. The zero-order chi connectivity index (χ0) is 8.28. The van der Waals surface area contributed by atoms with Crippen LogP contribution in [0.3, 0.4) is 0 Å². The normalized spacial score (nSPS) is 49.0. The van der Waals surface area contributed by atoms with Gasteiger partial charge in [-0.2, -0.15) is 0 Å². The molecule has 72 valence electrons. The lowest BCUT2D eigenvalue weighted by molar-refractivity contribution is 0.0126. The summed E-state index contributed by atoms with van der Waals surface area (Å²) in [5.74, 6) is 0.780. The van der Waals surface area contributed by atoms with Gasteiger partial charge in [-0.05, 0) is 36.0 Å². The maximum Gasteiger partial charge on any atom is 0.0601 e. The summed E-state index contributed by atoms with van der Waals surface area (Å²) < 4.78 is 0. The summed E-state index contributed by atoms with van der Waals surface area (Å²) in [6, 6.07) is 0. The first-order valence-corrected chi connectivity index (χ1v) is 4.66. The highest BCUT2D eigenvalue weighted by Crippen LogP contribution is 2.65. The molecule has 0 amide bonds. The third-order valence-electron chi connectivity index (χ3n) is 4.75. The fourth-order valence-electron chi connectivity index (χ4n) is 3.16. The van der Waals surface area contributed by atoms with Gasteiger partial charge in [0.15, 0.2) is 0 Å². The predicted molar refractivity (Wildman–Crippen MR) is 52.5 cm³/mol. The third kappa shape index (κ3) is 0.898. The molecule has 3 atom stereocenters. The Hall–Kier alpha value is 0.250. The van der Waals surface area contributed by atoms with E-state index in [1.54, 1.807) is 0 Å². The average molecular weight is 191 g/mol. The first-order valence-electron chi connectivity index (χ1n) is 4.66. The second-order valence-electron chi connectivity index (χ2n) is 5.13. The fourth-order valence-corrected chi connectivity index (χ4v) is 3.16. The zero-order valence-corrected chi connectivity index (χ0v) is 8.95. The summed E-state index contributed by atoms with van der Waals surface area (Å²) >= 11 is 0. The number of fused-ring (bicyclic) bond motifs is 2. The second kappa shape index (κ2) is 2.62. The summed E-state index contributed by atoms with van der Waals surface area (Å²) in [4.78, 5) is 0. The Morgan fingerprint density at radius 2 is 1.83 bits per heavy atom. The van der Waals surface area contributed by atoms with E-state index in [0.29, 0.717) is 5.41 Å². The molecule has 3 unspecified atom stereocenters. The van der Waals surface area contributed by atoms with E-state index in [1.807, 2.05) is 0 Å². The number of hydrogen-bond acceptors (Lipinski definition) is 1. The van der Waals surface area contributed by atoms with Crippen LogP contribution in [0.1, 0.15) is 40.0 Å². The summed E-state index contributed by atoms with van der Waals surface area (Å²) in [7, 11) is 0. The summed E-state index contributed by atoms with van der Waals surface area (Å²) in [5, 5.41) is 9.81. The molecule has 2 fully saturated rings. The van der Waals surface area contributed by atoms with Crippen molar-refractivity contribution in [1.82, 2.24) is 0 Å². The lowest BCUT2D eigenvalue weighted by atomic mass is 9.70. The minimum atomic E-state index is -0.0313. The van der Waals surface area contributed by atoms with E-state index in [4.69, 9.17) is 0 Å². The lowest BCUT2D eigenvalue weighted by Gasteiger charge is -2.36. The van der Waals surface area contributed by atoms with Crippen LogP contribution in [0.5, 0.6) is 0 Å². The van der Waals surface area contributed by atoms with Crippen LogP contribution in [0.4, 0.5) is 0 Å². The van der Waals surface area contributed by atoms with Crippen LogP contribution in [-0.2, 0) is 0 Å². The highest BCUT2D eigenvalue weighted by Gasteiger charge is 2.60. The van der Waals surface area contributed by atoms with Gasteiger partial charge in [-0.25, -0.2) is 0 Å². The molecule has 0 aliphatic heterocycles. The Morgan fingerprint density at radius 3 is 2.00 bits per heavy atom. The van der Waals surface area contributed by atoms with Crippen molar-refractivity contribution in [3.8, 4) is 0 Å². The van der Waals surface area contributed by atoms with E-state index >= 15 is 0 Å². The van der Waals surface area contributed by atoms with Crippen LogP contribution in [0.25, 0.3) is 0 Å². The smallest absolute Gasteiger partial charge is 0.0601 e. The van der Waals surface area contributed by atoms with Gasteiger partial charge >= 0.3 is 0 Å². The molecule has 2 saturated carbocycles. The Bertz CT molecular complexity index is 190. The average Bonchev–Trinajstić information content (AvgIpc) is 2.20. The van der Waals surface area contributed by atoms with Crippen molar-refractivity contribution in [2.75, 3.05) is 0 Å². The van der Waals surface area contributed by atoms with Crippen molar-refractivity contribution in [3.05, 3.63) is 0 Å². The van der Waals surface area contributed by atoms with Gasteiger partial charge in [-0.1, -0.05) is 20.8 Å². The molecular weight excluding hydrogens is 172 g/mol. The molecular formula is C10H19ClO. The molecule has 0 radical (unpaired) electrons. The monoisotopic (exact) mass is 190 g/mol. The Labute approximate surface area is 81.0 Å². The van der Waals surface area contributed by atoms with Gasteiger partial charge < -0.3 is 5.11 Å². The molecule has 0 aromatic heterocycles. The van der Waals surface area contributed by atoms with Gasteiger partial charge in [-0.3, -0.25) is 0 Å².